The number of nitrogens with one attached hydrogen (secondary N) is 1. The topological polar surface area (TPSA) is 92.3 Å². The Morgan fingerprint density at radius 1 is 1.47 bits per heavy atom. The predicted octanol–water partition coefficient (Wildman–Crippen LogP) is -0.339. The van der Waals surface area contributed by atoms with Gasteiger partial charge in [0.25, 0.3) is 5.91 Å². The number of rotatable bonds is 2. The van der Waals surface area contributed by atoms with Gasteiger partial charge in [0.15, 0.2) is 9.84 Å². The molecular formula is C11H14N4O3S. The summed E-state index contributed by atoms with van der Waals surface area (Å²) in [5.74, 6) is 0.511. The lowest BCUT2D eigenvalue weighted by Gasteiger charge is -2.21. The minimum Gasteiger partial charge on any atom is -0.357 e. The van der Waals surface area contributed by atoms with Gasteiger partial charge < -0.3 is 10.2 Å². The first-order valence-electron chi connectivity index (χ1n) is 6.05. The van der Waals surface area contributed by atoms with Gasteiger partial charge in [0.2, 0.25) is 5.95 Å². The minimum absolute atomic E-state index is 0.0546. The molecule has 7 nitrogen and oxygen atoms in total. The van der Waals surface area contributed by atoms with Crippen LogP contribution >= 0.6 is 0 Å². The van der Waals surface area contributed by atoms with E-state index in [1.807, 2.05) is 0 Å². The summed E-state index contributed by atoms with van der Waals surface area (Å²) >= 11 is 0. The third kappa shape index (κ3) is 2.05. The van der Waals surface area contributed by atoms with Crippen LogP contribution in [0, 0.1) is 0 Å². The monoisotopic (exact) mass is 282 g/mol. The molecule has 0 saturated carbocycles. The molecule has 1 aromatic heterocycles. The molecule has 19 heavy (non-hydrogen) atoms. The van der Waals surface area contributed by atoms with E-state index in [1.54, 1.807) is 11.9 Å². The number of aromatic nitrogens is 2. The number of fused-ring (bicyclic) bond motifs is 1. The van der Waals surface area contributed by atoms with Crippen molar-refractivity contribution >= 4 is 21.7 Å². The van der Waals surface area contributed by atoms with E-state index in [4.69, 9.17) is 0 Å². The zero-order valence-electron chi connectivity index (χ0n) is 10.5. The SMILES string of the molecule is CNc1ncc2c(n1)CN([C@H]1CCS(=O)(=O)C1)C2=O. The molecule has 0 unspecified atom stereocenters. The molecule has 0 spiro atoms. The molecule has 0 bridgehead atoms. The Kier molecular flexibility index (Phi) is 2.70. The average Bonchev–Trinajstić information content (AvgIpc) is 2.89. The highest BCUT2D eigenvalue weighted by Crippen LogP contribution is 2.27. The number of carbonyl (C=O) groups excluding carboxylic acids is 1. The van der Waals surface area contributed by atoms with Crippen molar-refractivity contribution in [1.82, 2.24) is 14.9 Å². The minimum atomic E-state index is -3.00. The molecule has 1 atom stereocenters. The Bertz CT molecular complexity index is 643. The summed E-state index contributed by atoms with van der Waals surface area (Å²) in [7, 11) is -1.29. The second kappa shape index (κ2) is 4.16. The number of nitrogens with zero attached hydrogens (tertiary/aromatic N) is 3. The van der Waals surface area contributed by atoms with Crippen LogP contribution in [0.3, 0.4) is 0 Å². The molecule has 1 aromatic rings. The first-order chi connectivity index (χ1) is 9.00. The standard InChI is InChI=1S/C11H14N4O3S/c1-12-11-13-4-8-9(14-11)5-15(10(8)16)7-2-3-19(17,18)6-7/h4,7H,2-3,5-6H2,1H3,(H,12,13,14)/t7-/m0/s1. The maximum absolute atomic E-state index is 12.2. The largest absolute Gasteiger partial charge is 0.357 e. The molecule has 2 aliphatic rings. The Labute approximate surface area is 111 Å². The highest BCUT2D eigenvalue weighted by Gasteiger charge is 2.39. The first-order valence-corrected chi connectivity index (χ1v) is 7.87. The molecule has 1 saturated heterocycles. The summed E-state index contributed by atoms with van der Waals surface area (Å²) in [5, 5.41) is 2.82. The molecule has 3 heterocycles. The molecule has 1 N–H and O–H groups in total. The molecule has 2 aliphatic heterocycles. The second-order valence-electron chi connectivity index (χ2n) is 4.79. The van der Waals surface area contributed by atoms with Crippen LogP contribution in [-0.4, -0.2) is 53.8 Å². The molecular weight excluding hydrogens is 268 g/mol. The maximum atomic E-state index is 12.2. The van der Waals surface area contributed by atoms with E-state index in [2.05, 4.69) is 15.3 Å². The second-order valence-corrected chi connectivity index (χ2v) is 7.02. The Balaban J connectivity index is 1.87. The molecule has 0 radical (unpaired) electrons. The van der Waals surface area contributed by atoms with Crippen molar-refractivity contribution in [2.24, 2.45) is 0 Å². The fourth-order valence-corrected chi connectivity index (χ4v) is 4.27. The van der Waals surface area contributed by atoms with Crippen molar-refractivity contribution in [2.45, 2.75) is 19.0 Å². The van der Waals surface area contributed by atoms with Crippen LogP contribution in [0.4, 0.5) is 5.95 Å². The van der Waals surface area contributed by atoms with Gasteiger partial charge in [-0.3, -0.25) is 4.79 Å². The fraction of sp³-hybridized carbons (Fsp3) is 0.545. The van der Waals surface area contributed by atoms with Gasteiger partial charge >= 0.3 is 0 Å². The van der Waals surface area contributed by atoms with Crippen LogP contribution in [0.2, 0.25) is 0 Å². The van der Waals surface area contributed by atoms with Crippen molar-refractivity contribution < 1.29 is 13.2 Å². The van der Waals surface area contributed by atoms with Crippen LogP contribution in [0.25, 0.3) is 0 Å². The van der Waals surface area contributed by atoms with E-state index in [0.717, 1.165) is 0 Å². The highest BCUT2D eigenvalue weighted by atomic mass is 32.2. The van der Waals surface area contributed by atoms with E-state index in [1.165, 1.54) is 6.20 Å². The maximum Gasteiger partial charge on any atom is 0.257 e. The van der Waals surface area contributed by atoms with Crippen LogP contribution in [0.5, 0.6) is 0 Å². The predicted molar refractivity (Wildman–Crippen MR) is 68.5 cm³/mol. The van der Waals surface area contributed by atoms with Crippen molar-refractivity contribution in [1.29, 1.82) is 0 Å². The number of hydrogen-bond acceptors (Lipinski definition) is 6. The van der Waals surface area contributed by atoms with Crippen LogP contribution in [0.1, 0.15) is 22.5 Å². The third-order valence-electron chi connectivity index (χ3n) is 3.55. The summed E-state index contributed by atoms with van der Waals surface area (Å²) < 4.78 is 23.0. The molecule has 102 valence electrons. The van der Waals surface area contributed by atoms with E-state index in [-0.39, 0.29) is 23.5 Å². The van der Waals surface area contributed by atoms with Crippen LogP contribution in [0.15, 0.2) is 6.20 Å². The summed E-state index contributed by atoms with van der Waals surface area (Å²) in [6.07, 6.45) is 2.01. The zero-order valence-corrected chi connectivity index (χ0v) is 11.3. The molecule has 1 fully saturated rings. The number of hydrogen-bond donors (Lipinski definition) is 1. The lowest BCUT2D eigenvalue weighted by molar-refractivity contribution is 0.0721. The van der Waals surface area contributed by atoms with Gasteiger partial charge in [0, 0.05) is 19.3 Å². The Morgan fingerprint density at radius 3 is 2.89 bits per heavy atom. The van der Waals surface area contributed by atoms with Gasteiger partial charge in [-0.1, -0.05) is 0 Å². The van der Waals surface area contributed by atoms with Gasteiger partial charge in [-0.2, -0.15) is 0 Å². The van der Waals surface area contributed by atoms with Gasteiger partial charge in [-0.05, 0) is 6.42 Å². The van der Waals surface area contributed by atoms with E-state index in [0.29, 0.717) is 30.2 Å². The number of amides is 1. The molecule has 1 amide bonds. The van der Waals surface area contributed by atoms with Crippen molar-refractivity contribution in [3.05, 3.63) is 17.5 Å². The Hall–Kier alpha value is -1.70. The summed E-state index contributed by atoms with van der Waals surface area (Å²) in [6, 6.07) is -0.232. The van der Waals surface area contributed by atoms with Gasteiger partial charge in [-0.15, -0.1) is 0 Å². The van der Waals surface area contributed by atoms with E-state index in [9.17, 15) is 13.2 Å². The summed E-state index contributed by atoms with van der Waals surface area (Å²) in [6.45, 7) is 0.367. The van der Waals surface area contributed by atoms with Crippen LogP contribution in [-0.2, 0) is 16.4 Å². The van der Waals surface area contributed by atoms with Gasteiger partial charge in [-0.25, -0.2) is 18.4 Å². The van der Waals surface area contributed by atoms with E-state index < -0.39 is 9.84 Å². The highest BCUT2D eigenvalue weighted by molar-refractivity contribution is 7.91. The third-order valence-corrected chi connectivity index (χ3v) is 5.30. The van der Waals surface area contributed by atoms with Crippen molar-refractivity contribution in [2.75, 3.05) is 23.9 Å². The molecule has 0 aliphatic carbocycles. The van der Waals surface area contributed by atoms with Gasteiger partial charge in [0.1, 0.15) is 0 Å². The lowest BCUT2D eigenvalue weighted by atomic mass is 10.2. The normalized spacial score (nSPS) is 24.6. The average molecular weight is 282 g/mol. The number of carbonyl (C=O) groups is 1. The number of anilines is 1. The summed E-state index contributed by atoms with van der Waals surface area (Å²) in [4.78, 5) is 22.1. The van der Waals surface area contributed by atoms with Gasteiger partial charge in [0.05, 0.1) is 29.3 Å². The molecule has 0 aromatic carbocycles. The lowest BCUT2D eigenvalue weighted by Crippen LogP contribution is -2.36. The molecule has 3 rings (SSSR count). The molecule has 8 heteroatoms. The van der Waals surface area contributed by atoms with E-state index >= 15 is 0 Å². The summed E-state index contributed by atoms with van der Waals surface area (Å²) in [5.41, 5.74) is 1.14. The smallest absolute Gasteiger partial charge is 0.257 e. The quantitative estimate of drug-likeness (QED) is 0.798. The number of sulfone groups is 1. The van der Waals surface area contributed by atoms with Crippen molar-refractivity contribution in [3.63, 3.8) is 0 Å². The first kappa shape index (κ1) is 12.3. The zero-order chi connectivity index (χ0) is 13.6. The van der Waals surface area contributed by atoms with Crippen LogP contribution < -0.4 is 5.32 Å². The Morgan fingerprint density at radius 2 is 2.26 bits per heavy atom. The van der Waals surface area contributed by atoms with Crippen molar-refractivity contribution in [3.8, 4) is 0 Å². The fourth-order valence-electron chi connectivity index (χ4n) is 2.54.